The minimum absolute atomic E-state index is 0.979. The first-order valence-electron chi connectivity index (χ1n) is 6.16. The van der Waals surface area contributed by atoms with Crippen molar-refractivity contribution in [1.29, 1.82) is 0 Å². The molecule has 0 fully saturated rings. The van der Waals surface area contributed by atoms with Gasteiger partial charge in [0, 0.05) is 6.42 Å². The van der Waals surface area contributed by atoms with E-state index in [1.54, 1.807) is 0 Å². The number of furan rings is 1. The van der Waals surface area contributed by atoms with Crippen molar-refractivity contribution in [2.75, 3.05) is 0 Å². The lowest BCUT2D eigenvalue weighted by atomic mass is 10.0. The van der Waals surface area contributed by atoms with Crippen molar-refractivity contribution in [3.63, 3.8) is 0 Å². The second-order valence-corrected chi connectivity index (χ2v) is 4.60. The molecule has 1 aliphatic rings. The van der Waals surface area contributed by atoms with Crippen LogP contribution in [-0.2, 0) is 12.8 Å². The van der Waals surface area contributed by atoms with Gasteiger partial charge in [0.05, 0.1) is 0 Å². The lowest BCUT2D eigenvalue weighted by Gasteiger charge is -2.03. The second kappa shape index (κ2) is 3.92. The van der Waals surface area contributed by atoms with Crippen molar-refractivity contribution >= 4 is 11.6 Å². The van der Waals surface area contributed by atoms with Crippen LogP contribution in [0, 0.1) is 6.92 Å². The SMILES string of the molecule is CCc1cccc2c1C=C(c1ccc(C)o1)C2. The van der Waals surface area contributed by atoms with Gasteiger partial charge in [0.2, 0.25) is 0 Å². The summed E-state index contributed by atoms with van der Waals surface area (Å²) in [7, 11) is 0. The first-order chi connectivity index (χ1) is 8.28. The summed E-state index contributed by atoms with van der Waals surface area (Å²) in [5.74, 6) is 1.99. The van der Waals surface area contributed by atoms with Crippen LogP contribution in [-0.4, -0.2) is 0 Å². The van der Waals surface area contributed by atoms with Crippen molar-refractivity contribution in [3.8, 4) is 0 Å². The third kappa shape index (κ3) is 1.72. The molecule has 1 aliphatic carbocycles. The maximum absolute atomic E-state index is 5.70. The van der Waals surface area contributed by atoms with E-state index in [0.29, 0.717) is 0 Å². The largest absolute Gasteiger partial charge is 0.462 e. The molecule has 1 aromatic carbocycles. The van der Waals surface area contributed by atoms with Crippen LogP contribution in [0.25, 0.3) is 11.6 Å². The number of benzene rings is 1. The standard InChI is InChI=1S/C16H16O/c1-3-12-5-4-6-13-9-14(10-15(12)13)16-8-7-11(2)17-16/h4-8,10H,3,9H2,1-2H3. The van der Waals surface area contributed by atoms with E-state index in [2.05, 4.69) is 37.3 Å². The Morgan fingerprint density at radius 3 is 2.76 bits per heavy atom. The Balaban J connectivity index is 2.03. The molecular formula is C16H16O. The molecule has 1 nitrogen and oxygen atoms in total. The summed E-state index contributed by atoms with van der Waals surface area (Å²) in [4.78, 5) is 0. The third-order valence-electron chi connectivity index (χ3n) is 3.42. The van der Waals surface area contributed by atoms with Crippen LogP contribution in [0.5, 0.6) is 0 Å². The van der Waals surface area contributed by atoms with E-state index in [1.807, 2.05) is 13.0 Å². The zero-order chi connectivity index (χ0) is 11.8. The highest BCUT2D eigenvalue weighted by Gasteiger charge is 2.17. The van der Waals surface area contributed by atoms with E-state index >= 15 is 0 Å². The highest BCUT2D eigenvalue weighted by Crippen LogP contribution is 2.34. The molecule has 0 amide bonds. The smallest absolute Gasteiger partial charge is 0.130 e. The van der Waals surface area contributed by atoms with Gasteiger partial charge in [0.15, 0.2) is 0 Å². The number of rotatable bonds is 2. The Bertz CT molecular complexity index is 587. The van der Waals surface area contributed by atoms with E-state index in [-0.39, 0.29) is 0 Å². The molecule has 0 saturated heterocycles. The van der Waals surface area contributed by atoms with Crippen LogP contribution in [0.2, 0.25) is 0 Å². The summed E-state index contributed by atoms with van der Waals surface area (Å²) in [6, 6.07) is 10.7. The van der Waals surface area contributed by atoms with Gasteiger partial charge in [-0.2, -0.15) is 0 Å². The van der Waals surface area contributed by atoms with Crippen LogP contribution in [0.1, 0.15) is 35.1 Å². The fourth-order valence-corrected chi connectivity index (χ4v) is 2.51. The van der Waals surface area contributed by atoms with Gasteiger partial charge in [-0.05, 0) is 53.8 Å². The molecule has 1 aromatic heterocycles. The molecule has 1 heteroatoms. The minimum Gasteiger partial charge on any atom is -0.462 e. The summed E-state index contributed by atoms with van der Waals surface area (Å²) >= 11 is 0. The second-order valence-electron chi connectivity index (χ2n) is 4.60. The first-order valence-corrected chi connectivity index (χ1v) is 6.16. The molecule has 0 spiro atoms. The summed E-state index contributed by atoms with van der Waals surface area (Å²) in [5, 5.41) is 0. The molecule has 0 saturated carbocycles. The predicted octanol–water partition coefficient (Wildman–Crippen LogP) is 4.25. The number of aryl methyl sites for hydroxylation is 2. The summed E-state index contributed by atoms with van der Waals surface area (Å²) in [5.41, 5.74) is 5.56. The Labute approximate surface area is 102 Å². The normalized spacial score (nSPS) is 13.6. The van der Waals surface area contributed by atoms with Gasteiger partial charge in [0.1, 0.15) is 11.5 Å². The zero-order valence-electron chi connectivity index (χ0n) is 10.3. The molecule has 0 atom stereocenters. The van der Waals surface area contributed by atoms with Gasteiger partial charge >= 0.3 is 0 Å². The molecule has 0 N–H and O–H groups in total. The maximum Gasteiger partial charge on any atom is 0.130 e. The Hall–Kier alpha value is -1.76. The average Bonchev–Trinajstić information content (AvgIpc) is 2.93. The fourth-order valence-electron chi connectivity index (χ4n) is 2.51. The van der Waals surface area contributed by atoms with Gasteiger partial charge in [-0.15, -0.1) is 0 Å². The zero-order valence-corrected chi connectivity index (χ0v) is 10.3. The molecular weight excluding hydrogens is 208 g/mol. The van der Waals surface area contributed by atoms with E-state index in [9.17, 15) is 0 Å². The molecule has 0 radical (unpaired) electrons. The molecule has 1 heterocycles. The monoisotopic (exact) mass is 224 g/mol. The number of hydrogen-bond acceptors (Lipinski definition) is 1. The molecule has 0 unspecified atom stereocenters. The number of fused-ring (bicyclic) bond motifs is 1. The number of allylic oxidation sites excluding steroid dienone is 1. The van der Waals surface area contributed by atoms with Crippen molar-refractivity contribution in [1.82, 2.24) is 0 Å². The Morgan fingerprint density at radius 1 is 1.18 bits per heavy atom. The van der Waals surface area contributed by atoms with Crippen molar-refractivity contribution in [3.05, 3.63) is 58.5 Å². The van der Waals surface area contributed by atoms with Crippen molar-refractivity contribution < 1.29 is 4.42 Å². The summed E-state index contributed by atoms with van der Waals surface area (Å²) in [6.07, 6.45) is 4.37. The van der Waals surface area contributed by atoms with Crippen LogP contribution in [0.4, 0.5) is 0 Å². The molecule has 0 aliphatic heterocycles. The maximum atomic E-state index is 5.70. The summed E-state index contributed by atoms with van der Waals surface area (Å²) in [6.45, 7) is 4.20. The van der Waals surface area contributed by atoms with Gasteiger partial charge in [-0.25, -0.2) is 0 Å². The van der Waals surface area contributed by atoms with Crippen LogP contribution < -0.4 is 0 Å². The molecule has 86 valence electrons. The average molecular weight is 224 g/mol. The topological polar surface area (TPSA) is 13.1 Å². The molecule has 2 aromatic rings. The van der Waals surface area contributed by atoms with E-state index < -0.39 is 0 Å². The van der Waals surface area contributed by atoms with Crippen molar-refractivity contribution in [2.24, 2.45) is 0 Å². The lowest BCUT2D eigenvalue weighted by molar-refractivity contribution is 0.521. The highest BCUT2D eigenvalue weighted by molar-refractivity contribution is 5.88. The Morgan fingerprint density at radius 2 is 2.06 bits per heavy atom. The van der Waals surface area contributed by atoms with Crippen molar-refractivity contribution in [2.45, 2.75) is 26.7 Å². The minimum atomic E-state index is 0.979. The van der Waals surface area contributed by atoms with Crippen LogP contribution in [0.3, 0.4) is 0 Å². The molecule has 3 rings (SSSR count). The Kier molecular flexibility index (Phi) is 2.40. The van der Waals surface area contributed by atoms with E-state index in [0.717, 1.165) is 24.4 Å². The summed E-state index contributed by atoms with van der Waals surface area (Å²) < 4.78 is 5.70. The van der Waals surface area contributed by atoms with E-state index in [1.165, 1.54) is 22.3 Å². The van der Waals surface area contributed by atoms with Crippen LogP contribution >= 0.6 is 0 Å². The quantitative estimate of drug-likeness (QED) is 0.743. The molecule has 17 heavy (non-hydrogen) atoms. The fraction of sp³-hybridized carbons (Fsp3) is 0.250. The van der Waals surface area contributed by atoms with Gasteiger partial charge in [-0.3, -0.25) is 0 Å². The van der Waals surface area contributed by atoms with Crippen LogP contribution in [0.15, 0.2) is 34.7 Å². The number of hydrogen-bond donors (Lipinski definition) is 0. The molecule has 0 bridgehead atoms. The van der Waals surface area contributed by atoms with Gasteiger partial charge in [-0.1, -0.05) is 25.1 Å². The predicted molar refractivity (Wildman–Crippen MR) is 70.8 cm³/mol. The third-order valence-corrected chi connectivity index (χ3v) is 3.42. The lowest BCUT2D eigenvalue weighted by Crippen LogP contribution is -1.88. The highest BCUT2D eigenvalue weighted by atomic mass is 16.3. The van der Waals surface area contributed by atoms with Gasteiger partial charge in [0.25, 0.3) is 0 Å². The van der Waals surface area contributed by atoms with E-state index in [4.69, 9.17) is 4.42 Å². The van der Waals surface area contributed by atoms with Gasteiger partial charge < -0.3 is 4.42 Å². The first kappa shape index (κ1) is 10.4.